The molecule has 1 unspecified atom stereocenters. The fourth-order valence-corrected chi connectivity index (χ4v) is 2.42. The van der Waals surface area contributed by atoms with Crippen LogP contribution < -0.4 is 16.2 Å². The lowest BCUT2D eigenvalue weighted by Gasteiger charge is -2.20. The molecule has 0 aromatic carbocycles. The van der Waals surface area contributed by atoms with Gasteiger partial charge in [0.15, 0.2) is 11.4 Å². The summed E-state index contributed by atoms with van der Waals surface area (Å²) in [5.74, 6) is 0.455. The molecular weight excluding hydrogens is 232 g/mol. The Balaban J connectivity index is 2.36. The molecule has 2 heterocycles. The normalized spacial score (nSPS) is 18.9. The summed E-state index contributed by atoms with van der Waals surface area (Å²) in [6, 6.07) is 0. The smallest absolute Gasteiger partial charge is 0.268 e. The molecule has 0 spiro atoms. The lowest BCUT2D eigenvalue weighted by Crippen LogP contribution is -2.33. The molecule has 0 saturated heterocycles. The Kier molecular flexibility index (Phi) is 3.03. The van der Waals surface area contributed by atoms with Gasteiger partial charge in [-0.1, -0.05) is 11.8 Å². The maximum absolute atomic E-state index is 11.5. The van der Waals surface area contributed by atoms with Gasteiger partial charge in [-0.25, -0.2) is 0 Å². The Morgan fingerprint density at radius 2 is 2.50 bits per heavy atom. The van der Waals surface area contributed by atoms with Gasteiger partial charge in [0.05, 0.1) is 6.61 Å². The van der Waals surface area contributed by atoms with E-state index in [0.717, 1.165) is 11.8 Å². The summed E-state index contributed by atoms with van der Waals surface area (Å²) in [5, 5.41) is 9.75. The van der Waals surface area contributed by atoms with Crippen molar-refractivity contribution in [2.75, 3.05) is 30.9 Å². The van der Waals surface area contributed by atoms with Gasteiger partial charge in [0.1, 0.15) is 4.90 Å². The number of ether oxygens (including phenoxy) is 1. The number of aliphatic hydroxyl groups excluding tert-OH is 1. The van der Waals surface area contributed by atoms with Crippen molar-refractivity contribution in [2.24, 2.45) is 0 Å². The number of anilines is 2. The average Bonchev–Trinajstić information content (AvgIpc) is 2.53. The van der Waals surface area contributed by atoms with Crippen LogP contribution >= 0.6 is 11.8 Å². The molecule has 16 heavy (non-hydrogen) atoms. The minimum absolute atomic E-state index is 0.0425. The second-order valence-electron chi connectivity index (χ2n) is 3.23. The molecule has 0 bridgehead atoms. The highest BCUT2D eigenvalue weighted by atomic mass is 32.2. The molecule has 1 aromatic heterocycles. The minimum Gasteiger partial charge on any atom is -0.383 e. The second-order valence-corrected chi connectivity index (χ2v) is 4.30. The van der Waals surface area contributed by atoms with E-state index in [1.807, 2.05) is 0 Å². The first-order valence-corrected chi connectivity index (χ1v) is 5.51. The Bertz CT molecular complexity index is 449. The zero-order valence-electron chi connectivity index (χ0n) is 8.64. The molecule has 1 atom stereocenters. The van der Waals surface area contributed by atoms with E-state index >= 15 is 0 Å². The van der Waals surface area contributed by atoms with Crippen LogP contribution in [0.25, 0.3) is 0 Å². The highest BCUT2D eigenvalue weighted by molar-refractivity contribution is 8.00. The van der Waals surface area contributed by atoms with Gasteiger partial charge in [-0.3, -0.25) is 9.78 Å². The third kappa shape index (κ3) is 1.86. The van der Waals surface area contributed by atoms with Gasteiger partial charge < -0.3 is 20.5 Å². The minimum atomic E-state index is -0.819. The van der Waals surface area contributed by atoms with Gasteiger partial charge >= 0.3 is 0 Å². The zero-order chi connectivity index (χ0) is 11.7. The van der Waals surface area contributed by atoms with Gasteiger partial charge in [0, 0.05) is 13.7 Å². The maximum Gasteiger partial charge on any atom is 0.268 e. The fourth-order valence-electron chi connectivity index (χ4n) is 1.45. The summed E-state index contributed by atoms with van der Waals surface area (Å²) in [7, 11) is 1.57. The number of nitrogens with one attached hydrogen (secondary N) is 1. The third-order valence-electron chi connectivity index (χ3n) is 2.18. The molecule has 1 aromatic rings. The van der Waals surface area contributed by atoms with Crippen LogP contribution in [0.5, 0.6) is 0 Å². The Hall–Kier alpha value is -1.25. The van der Waals surface area contributed by atoms with Gasteiger partial charge in [0.2, 0.25) is 5.95 Å². The van der Waals surface area contributed by atoms with E-state index in [9.17, 15) is 9.90 Å². The molecule has 0 saturated carbocycles. The van der Waals surface area contributed by atoms with E-state index in [0.29, 0.717) is 23.9 Å². The summed E-state index contributed by atoms with van der Waals surface area (Å²) in [6.07, 6.45) is 0. The largest absolute Gasteiger partial charge is 0.383 e. The molecule has 1 aliphatic rings. The number of H-pyrrole nitrogens is 1. The second kappa shape index (κ2) is 4.32. The Morgan fingerprint density at radius 3 is 3.19 bits per heavy atom. The number of aromatic nitrogens is 2. The predicted octanol–water partition coefficient (Wildman–Crippen LogP) is -0.814. The molecule has 0 radical (unpaired) electrons. The van der Waals surface area contributed by atoms with Gasteiger partial charge in [-0.05, 0) is 0 Å². The number of methoxy groups -OCH3 is 1. The van der Waals surface area contributed by atoms with E-state index < -0.39 is 5.56 Å². The summed E-state index contributed by atoms with van der Waals surface area (Å²) < 4.78 is 4.92. The van der Waals surface area contributed by atoms with Crippen molar-refractivity contribution in [3.8, 4) is 0 Å². The highest BCUT2D eigenvalue weighted by Gasteiger charge is 2.32. The molecule has 2 rings (SSSR count). The van der Waals surface area contributed by atoms with Crippen LogP contribution in [0.4, 0.5) is 11.8 Å². The van der Waals surface area contributed by atoms with Crippen molar-refractivity contribution < 1.29 is 9.84 Å². The first-order chi connectivity index (χ1) is 7.63. The first-order valence-electron chi connectivity index (χ1n) is 4.63. The van der Waals surface area contributed by atoms with E-state index in [2.05, 4.69) is 9.97 Å². The summed E-state index contributed by atoms with van der Waals surface area (Å²) >= 11 is 1.05. The summed E-state index contributed by atoms with van der Waals surface area (Å²) in [6.45, 7) is 0.888. The maximum atomic E-state index is 11.5. The number of hydrogen-bond donors (Lipinski definition) is 3. The summed E-state index contributed by atoms with van der Waals surface area (Å²) in [5.41, 5.74) is 4.31. The van der Waals surface area contributed by atoms with E-state index in [-0.39, 0.29) is 11.5 Å². The molecular formula is C8H12N4O3S. The van der Waals surface area contributed by atoms with E-state index in [4.69, 9.17) is 10.5 Å². The van der Waals surface area contributed by atoms with Crippen LogP contribution in [-0.4, -0.2) is 40.9 Å². The number of aliphatic hydroxyl groups is 1. The Morgan fingerprint density at radius 1 is 1.75 bits per heavy atom. The molecule has 7 nitrogen and oxygen atoms in total. The fraction of sp³-hybridized carbons (Fsp3) is 0.500. The number of nitrogen functional groups attached to an aromatic ring is 1. The number of rotatable bonds is 3. The quantitative estimate of drug-likeness (QED) is 0.638. The number of thioether (sulfide) groups is 1. The van der Waals surface area contributed by atoms with Gasteiger partial charge in [-0.2, -0.15) is 4.98 Å². The highest BCUT2D eigenvalue weighted by Crippen LogP contribution is 2.38. The molecule has 8 heteroatoms. The average molecular weight is 244 g/mol. The number of nitrogens with zero attached hydrogens (tertiary/aromatic N) is 2. The molecule has 4 N–H and O–H groups in total. The van der Waals surface area contributed by atoms with Crippen LogP contribution in [0.2, 0.25) is 0 Å². The standard InChI is InChI=1S/C8H12N4O3S/c1-15-3-2-12-5-4(16-8(12)14)6(13)11-7(9)10-5/h8,14H,2-3H2,1H3,(H3,9,10,11,13). The third-order valence-corrected chi connectivity index (χ3v) is 3.24. The zero-order valence-corrected chi connectivity index (χ0v) is 9.45. The number of aromatic amines is 1. The molecule has 0 amide bonds. The van der Waals surface area contributed by atoms with Gasteiger partial charge in [0.25, 0.3) is 5.56 Å². The topological polar surface area (TPSA) is 104 Å². The van der Waals surface area contributed by atoms with Crippen molar-refractivity contribution in [2.45, 2.75) is 10.5 Å². The van der Waals surface area contributed by atoms with E-state index in [1.54, 1.807) is 12.0 Å². The number of fused-ring (bicyclic) bond motifs is 1. The predicted molar refractivity (Wildman–Crippen MR) is 60.4 cm³/mol. The Labute approximate surface area is 95.6 Å². The molecule has 0 aliphatic carbocycles. The first kappa shape index (κ1) is 11.2. The van der Waals surface area contributed by atoms with Crippen molar-refractivity contribution in [1.82, 2.24) is 9.97 Å². The van der Waals surface area contributed by atoms with Crippen LogP contribution in [0.3, 0.4) is 0 Å². The lowest BCUT2D eigenvalue weighted by atomic mass is 10.5. The van der Waals surface area contributed by atoms with E-state index in [1.165, 1.54) is 0 Å². The number of hydrogen-bond acceptors (Lipinski definition) is 7. The van der Waals surface area contributed by atoms with Crippen LogP contribution in [-0.2, 0) is 4.74 Å². The van der Waals surface area contributed by atoms with Crippen LogP contribution in [0.15, 0.2) is 9.69 Å². The van der Waals surface area contributed by atoms with Crippen LogP contribution in [0.1, 0.15) is 0 Å². The monoisotopic (exact) mass is 244 g/mol. The summed E-state index contributed by atoms with van der Waals surface area (Å²) in [4.78, 5) is 19.9. The van der Waals surface area contributed by atoms with Crippen molar-refractivity contribution in [3.05, 3.63) is 10.4 Å². The van der Waals surface area contributed by atoms with Crippen molar-refractivity contribution in [1.29, 1.82) is 0 Å². The molecule has 1 aliphatic heterocycles. The van der Waals surface area contributed by atoms with Crippen molar-refractivity contribution in [3.63, 3.8) is 0 Å². The van der Waals surface area contributed by atoms with Crippen LogP contribution in [0, 0.1) is 0 Å². The SMILES string of the molecule is COCCN1c2nc(N)[nH]c(=O)c2SC1O. The molecule has 0 fully saturated rings. The number of nitrogens with two attached hydrogens (primary N) is 1. The van der Waals surface area contributed by atoms with Crippen molar-refractivity contribution >= 4 is 23.5 Å². The van der Waals surface area contributed by atoms with Gasteiger partial charge in [-0.15, -0.1) is 0 Å². The lowest BCUT2D eigenvalue weighted by molar-refractivity contribution is 0.189. The molecule has 88 valence electrons.